The molecule has 8 atom stereocenters. The lowest BCUT2D eigenvalue weighted by atomic mass is 9.47. The summed E-state index contributed by atoms with van der Waals surface area (Å²) in [6, 6.07) is 0.0441. The van der Waals surface area contributed by atoms with Gasteiger partial charge in [-0.2, -0.15) is 0 Å². The summed E-state index contributed by atoms with van der Waals surface area (Å²) in [7, 11) is 0. The van der Waals surface area contributed by atoms with Crippen molar-refractivity contribution in [1.82, 2.24) is 0 Å². The van der Waals surface area contributed by atoms with Gasteiger partial charge in [0.15, 0.2) is 0 Å². The Morgan fingerprint density at radius 2 is 2.00 bits per heavy atom. The average Bonchev–Trinajstić information content (AvgIpc) is 2.78. The molecule has 0 spiro atoms. The van der Waals surface area contributed by atoms with Gasteiger partial charge in [0.2, 0.25) is 0 Å². The van der Waals surface area contributed by atoms with Crippen LogP contribution in [0.3, 0.4) is 0 Å². The van der Waals surface area contributed by atoms with Crippen molar-refractivity contribution in [3.8, 4) is 0 Å². The van der Waals surface area contributed by atoms with Gasteiger partial charge in [0.05, 0.1) is 6.10 Å². The van der Waals surface area contributed by atoms with E-state index >= 15 is 0 Å². The van der Waals surface area contributed by atoms with Crippen LogP contribution in [0.25, 0.3) is 0 Å². The zero-order valence-electron chi connectivity index (χ0n) is 15.4. The molecule has 0 saturated heterocycles. The number of ketones is 1. The van der Waals surface area contributed by atoms with E-state index < -0.39 is 0 Å². The molecule has 0 bridgehead atoms. The van der Waals surface area contributed by atoms with Gasteiger partial charge in [0.25, 0.3) is 0 Å². The summed E-state index contributed by atoms with van der Waals surface area (Å²) in [6.45, 7) is 6.54. The molecular weight excluding hydrogens is 298 g/mol. The summed E-state index contributed by atoms with van der Waals surface area (Å²) in [4.78, 5) is 12.3. The molecule has 3 fully saturated rings. The molecule has 0 aromatic heterocycles. The van der Waals surface area contributed by atoms with Crippen molar-refractivity contribution in [3.63, 3.8) is 0 Å². The molecule has 3 heteroatoms. The first-order valence-corrected chi connectivity index (χ1v) is 9.91. The molecule has 4 rings (SSSR count). The molecule has 3 nitrogen and oxygen atoms in total. The zero-order valence-corrected chi connectivity index (χ0v) is 15.4. The smallest absolute Gasteiger partial charge is 0.135 e. The lowest BCUT2D eigenvalue weighted by Crippen LogP contribution is -2.51. The van der Waals surface area contributed by atoms with Gasteiger partial charge < -0.3 is 10.8 Å². The van der Waals surface area contributed by atoms with E-state index in [0.717, 1.165) is 38.5 Å². The molecule has 3 N–H and O–H groups in total. The van der Waals surface area contributed by atoms with E-state index in [1.54, 1.807) is 6.92 Å². The van der Waals surface area contributed by atoms with E-state index in [1.807, 2.05) is 0 Å². The first kappa shape index (κ1) is 16.8. The van der Waals surface area contributed by atoms with E-state index in [1.165, 1.54) is 12.0 Å². The van der Waals surface area contributed by atoms with Gasteiger partial charge in [-0.15, -0.1) is 0 Å². The van der Waals surface area contributed by atoms with Crippen LogP contribution in [0, 0.1) is 34.5 Å². The first-order valence-electron chi connectivity index (χ1n) is 9.91. The maximum absolute atomic E-state index is 12.3. The monoisotopic (exact) mass is 331 g/mol. The Hall–Kier alpha value is -0.670. The van der Waals surface area contributed by atoms with E-state index in [0.29, 0.717) is 23.5 Å². The number of aliphatic hydroxyl groups is 1. The molecule has 24 heavy (non-hydrogen) atoms. The van der Waals surface area contributed by atoms with Crippen molar-refractivity contribution in [1.29, 1.82) is 0 Å². The van der Waals surface area contributed by atoms with E-state index in [-0.39, 0.29) is 28.9 Å². The van der Waals surface area contributed by atoms with Crippen molar-refractivity contribution in [2.75, 3.05) is 0 Å². The number of aliphatic hydroxyl groups excluding tert-OH is 1. The van der Waals surface area contributed by atoms with Crippen LogP contribution in [0.4, 0.5) is 0 Å². The fourth-order valence-electron chi connectivity index (χ4n) is 7.50. The molecule has 3 saturated carbocycles. The quantitative estimate of drug-likeness (QED) is 0.723. The Labute approximate surface area is 146 Å². The molecule has 0 heterocycles. The maximum atomic E-state index is 12.3. The molecule has 0 aromatic carbocycles. The van der Waals surface area contributed by atoms with E-state index in [2.05, 4.69) is 19.9 Å². The minimum Gasteiger partial charge on any atom is -0.393 e. The highest BCUT2D eigenvalue weighted by molar-refractivity contribution is 5.80. The molecule has 134 valence electrons. The molecule has 0 radical (unpaired) electrons. The van der Waals surface area contributed by atoms with Gasteiger partial charge in [-0.25, -0.2) is 0 Å². The third-order valence-electron chi connectivity index (χ3n) is 8.62. The largest absolute Gasteiger partial charge is 0.393 e. The SMILES string of the molecule is CC(=O)[C@H]1C(N)C[C@H]2[C@@H]3CC=C4CC(O)CC[C@]4(C)[C@H]3CC[C@]12C. The second kappa shape index (κ2) is 5.41. The van der Waals surface area contributed by atoms with Crippen LogP contribution in [0.1, 0.15) is 65.7 Å². The highest BCUT2D eigenvalue weighted by atomic mass is 16.3. The number of Topliss-reactive ketones (excluding diaryl/α,β-unsaturated/α-hetero) is 1. The molecule has 0 aromatic rings. The first-order chi connectivity index (χ1) is 11.3. The Morgan fingerprint density at radius 3 is 2.71 bits per heavy atom. The Bertz CT molecular complexity index is 584. The van der Waals surface area contributed by atoms with Crippen LogP contribution in [0.2, 0.25) is 0 Å². The van der Waals surface area contributed by atoms with Gasteiger partial charge in [0.1, 0.15) is 5.78 Å². The van der Waals surface area contributed by atoms with Crippen molar-refractivity contribution >= 4 is 5.78 Å². The lowest BCUT2D eigenvalue weighted by molar-refractivity contribution is -0.127. The fourth-order valence-corrected chi connectivity index (χ4v) is 7.50. The maximum Gasteiger partial charge on any atom is 0.135 e. The van der Waals surface area contributed by atoms with Crippen LogP contribution in [0.5, 0.6) is 0 Å². The average molecular weight is 332 g/mol. The summed E-state index contributed by atoms with van der Waals surface area (Å²) < 4.78 is 0. The van der Waals surface area contributed by atoms with Gasteiger partial charge in [0, 0.05) is 12.0 Å². The Balaban J connectivity index is 1.68. The summed E-state index contributed by atoms with van der Waals surface area (Å²) in [5.74, 6) is 2.31. The van der Waals surface area contributed by atoms with Crippen LogP contribution in [0.15, 0.2) is 11.6 Å². The molecular formula is C21H33NO2. The predicted octanol–water partition coefficient (Wildman–Crippen LogP) is 3.45. The summed E-state index contributed by atoms with van der Waals surface area (Å²) in [5, 5.41) is 10.1. The number of rotatable bonds is 1. The van der Waals surface area contributed by atoms with Gasteiger partial charge in [-0.1, -0.05) is 25.5 Å². The Kier molecular flexibility index (Phi) is 3.78. The lowest BCUT2D eigenvalue weighted by Gasteiger charge is -2.57. The van der Waals surface area contributed by atoms with Crippen LogP contribution in [-0.2, 0) is 4.79 Å². The molecule has 4 aliphatic rings. The summed E-state index contributed by atoms with van der Waals surface area (Å²) in [6.07, 6.45) is 9.74. The number of hydrogen-bond acceptors (Lipinski definition) is 3. The minimum atomic E-state index is -0.142. The second-order valence-corrected chi connectivity index (χ2v) is 9.69. The number of carbonyl (C=O) groups excluding carboxylic acids is 1. The van der Waals surface area contributed by atoms with Crippen LogP contribution in [-0.4, -0.2) is 23.0 Å². The van der Waals surface area contributed by atoms with Crippen LogP contribution < -0.4 is 5.73 Å². The second-order valence-electron chi connectivity index (χ2n) is 9.69. The highest BCUT2D eigenvalue weighted by Crippen LogP contribution is 2.66. The van der Waals surface area contributed by atoms with Gasteiger partial charge >= 0.3 is 0 Å². The third kappa shape index (κ3) is 2.13. The number of carbonyl (C=O) groups is 1. The standard InChI is InChI=1S/C21H33NO2/c1-12(23)19-18(22)11-17-15-5-4-13-10-14(24)6-8-20(13,2)16(15)7-9-21(17,19)3/h4,14-19,24H,5-11,22H2,1-3H3/t14?,15-,16+,17+,18?,19+,20+,21+/m1/s1. The van der Waals surface area contributed by atoms with Crippen molar-refractivity contribution in [2.45, 2.75) is 77.9 Å². The molecule has 0 aliphatic heterocycles. The van der Waals surface area contributed by atoms with Gasteiger partial charge in [-0.3, -0.25) is 4.79 Å². The number of nitrogens with two attached hydrogens (primary N) is 1. The normalized spacial score (nSPS) is 53.6. The number of hydrogen-bond donors (Lipinski definition) is 2. The van der Waals surface area contributed by atoms with Crippen molar-refractivity contribution < 1.29 is 9.90 Å². The Morgan fingerprint density at radius 1 is 1.25 bits per heavy atom. The zero-order chi connectivity index (χ0) is 17.3. The minimum absolute atomic E-state index is 0.0441. The molecule has 4 aliphatic carbocycles. The van der Waals surface area contributed by atoms with E-state index in [4.69, 9.17) is 5.73 Å². The van der Waals surface area contributed by atoms with Crippen molar-refractivity contribution in [3.05, 3.63) is 11.6 Å². The topological polar surface area (TPSA) is 63.3 Å². The fraction of sp³-hybridized carbons (Fsp3) is 0.857. The van der Waals surface area contributed by atoms with Crippen LogP contribution >= 0.6 is 0 Å². The summed E-state index contributed by atoms with van der Waals surface area (Å²) >= 11 is 0. The molecule has 2 unspecified atom stereocenters. The van der Waals surface area contributed by atoms with Crippen molar-refractivity contribution in [2.24, 2.45) is 40.2 Å². The molecule has 0 amide bonds. The van der Waals surface area contributed by atoms with Gasteiger partial charge in [-0.05, 0) is 80.5 Å². The number of fused-ring (bicyclic) bond motifs is 5. The summed E-state index contributed by atoms with van der Waals surface area (Å²) in [5.41, 5.74) is 8.34. The highest BCUT2D eigenvalue weighted by Gasteiger charge is 2.61. The van der Waals surface area contributed by atoms with E-state index in [9.17, 15) is 9.90 Å². The number of allylic oxidation sites excluding steroid dienone is 1. The predicted molar refractivity (Wildman–Crippen MR) is 95.2 cm³/mol. The third-order valence-corrected chi connectivity index (χ3v) is 8.62.